The van der Waals surface area contributed by atoms with E-state index < -0.39 is 5.91 Å². The van der Waals surface area contributed by atoms with Gasteiger partial charge in [-0.3, -0.25) is 9.59 Å². The van der Waals surface area contributed by atoms with Crippen LogP contribution in [0.3, 0.4) is 0 Å². The van der Waals surface area contributed by atoms with E-state index >= 15 is 0 Å². The van der Waals surface area contributed by atoms with Crippen molar-refractivity contribution in [2.45, 2.75) is 6.54 Å². The van der Waals surface area contributed by atoms with E-state index in [2.05, 4.69) is 22.1 Å². The number of H-pyrrole nitrogens is 1. The molecule has 0 atom stereocenters. The molecule has 2 rings (SSSR count). The normalized spacial score (nSPS) is 9.57. The number of pyridine rings is 1. The lowest BCUT2D eigenvalue weighted by Crippen LogP contribution is -2.27. The molecule has 0 bridgehead atoms. The molecule has 2 aromatic rings. The van der Waals surface area contributed by atoms with Crippen molar-refractivity contribution in [1.82, 2.24) is 10.3 Å². The third-order valence-electron chi connectivity index (χ3n) is 2.79. The fourth-order valence-corrected chi connectivity index (χ4v) is 1.72. The van der Waals surface area contributed by atoms with E-state index in [4.69, 9.17) is 5.11 Å². The van der Waals surface area contributed by atoms with E-state index in [0.29, 0.717) is 6.54 Å². The number of aliphatic hydroxyl groups excluding tert-OH is 1. The van der Waals surface area contributed by atoms with Gasteiger partial charge in [-0.25, -0.2) is 0 Å². The zero-order valence-electron chi connectivity index (χ0n) is 11.2. The summed E-state index contributed by atoms with van der Waals surface area (Å²) in [7, 11) is 0. The number of aliphatic hydroxyl groups is 1. The highest BCUT2D eigenvalue weighted by Gasteiger charge is 2.08. The van der Waals surface area contributed by atoms with E-state index in [9.17, 15) is 9.59 Å². The molecule has 1 heterocycles. The third kappa shape index (κ3) is 4.06. The van der Waals surface area contributed by atoms with E-state index in [0.717, 1.165) is 11.1 Å². The largest absolute Gasteiger partial charge is 0.384 e. The van der Waals surface area contributed by atoms with Crippen LogP contribution in [-0.2, 0) is 6.54 Å². The minimum absolute atomic E-state index is 0.0860. The highest BCUT2D eigenvalue weighted by atomic mass is 16.2. The second-order valence-corrected chi connectivity index (χ2v) is 4.26. The lowest BCUT2D eigenvalue weighted by atomic mass is 10.1. The number of benzene rings is 1. The van der Waals surface area contributed by atoms with Gasteiger partial charge in [0.15, 0.2) is 5.43 Å². The Bertz CT molecular complexity index is 736. The van der Waals surface area contributed by atoms with Crippen LogP contribution < -0.4 is 10.7 Å². The molecule has 0 saturated carbocycles. The van der Waals surface area contributed by atoms with Gasteiger partial charge in [-0.2, -0.15) is 0 Å². The van der Waals surface area contributed by atoms with Crippen molar-refractivity contribution in [2.75, 3.05) is 6.61 Å². The van der Waals surface area contributed by atoms with Crippen LogP contribution >= 0.6 is 0 Å². The summed E-state index contributed by atoms with van der Waals surface area (Å²) in [6.45, 7) is 0.143. The molecule has 0 saturated heterocycles. The molecule has 0 unspecified atom stereocenters. The maximum absolute atomic E-state index is 11.9. The molecule has 5 nitrogen and oxygen atoms in total. The smallest absolute Gasteiger partial charge is 0.257 e. The molecule has 0 radical (unpaired) electrons. The number of carbonyl (C=O) groups excluding carboxylic acids is 1. The zero-order valence-corrected chi connectivity index (χ0v) is 11.2. The van der Waals surface area contributed by atoms with Gasteiger partial charge >= 0.3 is 0 Å². The number of hydrogen-bond donors (Lipinski definition) is 3. The van der Waals surface area contributed by atoms with Crippen molar-refractivity contribution in [3.63, 3.8) is 0 Å². The van der Waals surface area contributed by atoms with Crippen LogP contribution in [0.25, 0.3) is 0 Å². The predicted octanol–water partition coefficient (Wildman–Crippen LogP) is 0.649. The Morgan fingerprint density at radius 3 is 2.67 bits per heavy atom. The maximum Gasteiger partial charge on any atom is 0.257 e. The van der Waals surface area contributed by atoms with Crippen molar-refractivity contribution in [2.24, 2.45) is 0 Å². The second kappa shape index (κ2) is 7.08. The Kier molecular flexibility index (Phi) is 4.91. The summed E-state index contributed by atoms with van der Waals surface area (Å²) in [6, 6.07) is 8.58. The monoisotopic (exact) mass is 282 g/mol. The molecule has 106 valence electrons. The van der Waals surface area contributed by atoms with Crippen LogP contribution in [0.5, 0.6) is 0 Å². The number of rotatable bonds is 3. The van der Waals surface area contributed by atoms with Gasteiger partial charge in [-0.15, -0.1) is 0 Å². The van der Waals surface area contributed by atoms with Crippen molar-refractivity contribution < 1.29 is 9.90 Å². The lowest BCUT2D eigenvalue weighted by Gasteiger charge is -2.05. The van der Waals surface area contributed by atoms with Crippen molar-refractivity contribution in [3.05, 3.63) is 69.6 Å². The molecule has 1 aromatic heterocycles. The Morgan fingerprint density at radius 2 is 2.00 bits per heavy atom. The third-order valence-corrected chi connectivity index (χ3v) is 2.79. The van der Waals surface area contributed by atoms with Gasteiger partial charge in [0.2, 0.25) is 0 Å². The Labute approximate surface area is 121 Å². The Balaban J connectivity index is 1.99. The van der Waals surface area contributed by atoms with Gasteiger partial charge in [0.05, 0.1) is 0 Å². The first-order valence-corrected chi connectivity index (χ1v) is 6.34. The van der Waals surface area contributed by atoms with Crippen LogP contribution in [0.1, 0.15) is 21.5 Å². The van der Waals surface area contributed by atoms with Gasteiger partial charge in [0.1, 0.15) is 12.2 Å². The standard InChI is InChI=1S/C16H14N2O3/c19-9-1-2-12-3-5-13(6-4-12)10-18-16(21)14-11-17-8-7-15(14)20/h3-8,11,19H,9-10H2,(H,17,20)(H,18,21). The second-order valence-electron chi connectivity index (χ2n) is 4.26. The molecule has 1 aromatic carbocycles. The summed E-state index contributed by atoms with van der Waals surface area (Å²) < 4.78 is 0. The van der Waals surface area contributed by atoms with Gasteiger partial charge in [0, 0.05) is 30.6 Å². The molecule has 21 heavy (non-hydrogen) atoms. The van der Waals surface area contributed by atoms with Gasteiger partial charge in [0.25, 0.3) is 5.91 Å². The average Bonchev–Trinajstić information content (AvgIpc) is 2.52. The molecule has 0 spiro atoms. The van der Waals surface area contributed by atoms with Crippen molar-refractivity contribution >= 4 is 5.91 Å². The first kappa shape index (κ1) is 14.6. The number of amides is 1. The molecular weight excluding hydrogens is 268 g/mol. The van der Waals surface area contributed by atoms with Crippen molar-refractivity contribution in [3.8, 4) is 11.8 Å². The van der Waals surface area contributed by atoms with Crippen LogP contribution in [0.2, 0.25) is 0 Å². The van der Waals surface area contributed by atoms with E-state index in [-0.39, 0.29) is 17.6 Å². The number of carbonyl (C=O) groups is 1. The zero-order chi connectivity index (χ0) is 15.1. The molecule has 5 heteroatoms. The van der Waals surface area contributed by atoms with Crippen LogP contribution in [0, 0.1) is 11.8 Å². The quantitative estimate of drug-likeness (QED) is 0.723. The molecule has 0 aliphatic heterocycles. The molecule has 0 fully saturated rings. The summed E-state index contributed by atoms with van der Waals surface area (Å²) in [4.78, 5) is 26.1. The number of aromatic nitrogens is 1. The minimum atomic E-state index is -0.416. The van der Waals surface area contributed by atoms with Gasteiger partial charge < -0.3 is 15.4 Å². The molecule has 1 amide bonds. The predicted molar refractivity (Wildman–Crippen MR) is 78.6 cm³/mol. The summed E-state index contributed by atoms with van der Waals surface area (Å²) >= 11 is 0. The fraction of sp³-hybridized carbons (Fsp3) is 0.125. The summed E-state index contributed by atoms with van der Waals surface area (Å²) in [5.41, 5.74) is 1.45. The average molecular weight is 282 g/mol. The number of nitrogens with one attached hydrogen (secondary N) is 2. The topological polar surface area (TPSA) is 82.2 Å². The fourth-order valence-electron chi connectivity index (χ4n) is 1.72. The minimum Gasteiger partial charge on any atom is -0.384 e. The molecule has 3 N–H and O–H groups in total. The summed E-state index contributed by atoms with van der Waals surface area (Å²) in [5.74, 6) is 4.93. The molecule has 0 aliphatic rings. The van der Waals surface area contributed by atoms with E-state index in [1.807, 2.05) is 12.1 Å². The Hall–Kier alpha value is -2.84. The van der Waals surface area contributed by atoms with Crippen molar-refractivity contribution in [1.29, 1.82) is 0 Å². The van der Waals surface area contributed by atoms with Crippen LogP contribution in [0.15, 0.2) is 47.5 Å². The van der Waals surface area contributed by atoms with E-state index in [1.54, 1.807) is 12.1 Å². The highest BCUT2D eigenvalue weighted by molar-refractivity contribution is 5.93. The Morgan fingerprint density at radius 1 is 1.24 bits per heavy atom. The maximum atomic E-state index is 11.9. The number of hydrogen-bond acceptors (Lipinski definition) is 3. The summed E-state index contributed by atoms with van der Waals surface area (Å²) in [5, 5.41) is 11.3. The molecular formula is C16H14N2O3. The molecule has 0 aliphatic carbocycles. The van der Waals surface area contributed by atoms with Crippen LogP contribution in [0.4, 0.5) is 0 Å². The van der Waals surface area contributed by atoms with E-state index in [1.165, 1.54) is 18.5 Å². The highest BCUT2D eigenvalue weighted by Crippen LogP contribution is 2.03. The first-order valence-electron chi connectivity index (χ1n) is 6.34. The van der Waals surface area contributed by atoms with Gasteiger partial charge in [-0.1, -0.05) is 24.0 Å². The SMILES string of the molecule is O=C(NCc1ccc(C#CCO)cc1)c1c[nH]ccc1=O. The van der Waals surface area contributed by atoms with Crippen LogP contribution in [-0.4, -0.2) is 22.6 Å². The number of aromatic amines is 1. The first-order chi connectivity index (χ1) is 10.2. The summed E-state index contributed by atoms with van der Waals surface area (Å²) in [6.07, 6.45) is 2.86. The van der Waals surface area contributed by atoms with Gasteiger partial charge in [-0.05, 0) is 17.7 Å². The lowest BCUT2D eigenvalue weighted by molar-refractivity contribution is 0.0949.